The molecule has 1 amide bonds. The van der Waals surface area contributed by atoms with Crippen molar-refractivity contribution in [2.75, 3.05) is 30.8 Å². The molecule has 0 spiro atoms. The van der Waals surface area contributed by atoms with Gasteiger partial charge < -0.3 is 20.3 Å². The van der Waals surface area contributed by atoms with Gasteiger partial charge >= 0.3 is 5.97 Å². The number of methoxy groups -OCH3 is 1. The minimum atomic E-state index is -0.504. The molecule has 0 radical (unpaired) electrons. The normalized spacial score (nSPS) is 10.4. The lowest BCUT2D eigenvalue weighted by Gasteiger charge is -2.18. The summed E-state index contributed by atoms with van der Waals surface area (Å²) >= 11 is 6.65. The highest BCUT2D eigenvalue weighted by atomic mass is 32.1. The summed E-state index contributed by atoms with van der Waals surface area (Å²) in [6, 6.07) is 7.94. The first-order valence-corrected chi connectivity index (χ1v) is 10.8. The third kappa shape index (κ3) is 5.33. The number of amides is 1. The van der Waals surface area contributed by atoms with Crippen LogP contribution in [0.1, 0.15) is 51.9 Å². The van der Waals surface area contributed by atoms with Crippen molar-refractivity contribution in [3.63, 3.8) is 0 Å². The first-order valence-electron chi connectivity index (χ1n) is 9.54. The number of esters is 1. The van der Waals surface area contributed by atoms with Crippen LogP contribution in [-0.2, 0) is 11.2 Å². The lowest BCUT2D eigenvalue weighted by atomic mass is 10.1. The Kier molecular flexibility index (Phi) is 8.16. The van der Waals surface area contributed by atoms with E-state index in [1.807, 2.05) is 38.1 Å². The summed E-state index contributed by atoms with van der Waals surface area (Å²) in [5.41, 5.74) is 2.97. The Morgan fingerprint density at radius 2 is 1.86 bits per heavy atom. The maximum Gasteiger partial charge on any atom is 0.341 e. The van der Waals surface area contributed by atoms with Gasteiger partial charge in [0.05, 0.1) is 17.6 Å². The summed E-state index contributed by atoms with van der Waals surface area (Å²) in [6.07, 6.45) is 0.920. The van der Waals surface area contributed by atoms with Crippen LogP contribution in [0.5, 0.6) is 0 Å². The van der Waals surface area contributed by atoms with Crippen molar-refractivity contribution in [2.45, 2.75) is 34.1 Å². The van der Waals surface area contributed by atoms with E-state index < -0.39 is 5.97 Å². The second-order valence-corrected chi connectivity index (χ2v) is 7.79. The van der Waals surface area contributed by atoms with Crippen molar-refractivity contribution in [3.05, 3.63) is 45.8 Å². The quantitative estimate of drug-likeness (QED) is 0.487. The fourth-order valence-corrected chi connectivity index (χ4v) is 4.39. The monoisotopic (exact) mass is 433 g/mol. The van der Waals surface area contributed by atoms with Crippen LogP contribution in [0.25, 0.3) is 0 Å². The fourth-order valence-electron chi connectivity index (χ4n) is 2.94. The standard InChI is InChI=1S/C21H27N3O3S2/c1-6-14-10-9-11-15(12-14)22-21(28)23-18-16(20(26)27-5)13(4)17(29-18)19(25)24(7-2)8-3/h9-12H,6-8H2,1-5H3,(H2,22,23,28). The lowest BCUT2D eigenvalue weighted by Crippen LogP contribution is -2.30. The first kappa shape index (κ1) is 22.8. The van der Waals surface area contributed by atoms with E-state index in [4.69, 9.17) is 17.0 Å². The number of ether oxygens (including phenoxy) is 1. The molecule has 0 fully saturated rings. The molecule has 156 valence electrons. The molecule has 0 bridgehead atoms. The average molecular weight is 434 g/mol. The van der Waals surface area contributed by atoms with Crippen molar-refractivity contribution in [1.29, 1.82) is 0 Å². The molecule has 0 saturated carbocycles. The van der Waals surface area contributed by atoms with E-state index in [0.29, 0.717) is 39.2 Å². The number of carbonyl (C=O) groups excluding carboxylic acids is 2. The molecule has 2 aromatic rings. The highest BCUT2D eigenvalue weighted by molar-refractivity contribution is 7.80. The number of hydrogen-bond donors (Lipinski definition) is 2. The van der Waals surface area contributed by atoms with Crippen LogP contribution in [0, 0.1) is 6.92 Å². The van der Waals surface area contributed by atoms with Gasteiger partial charge in [-0.1, -0.05) is 19.1 Å². The van der Waals surface area contributed by atoms with Gasteiger partial charge in [0.15, 0.2) is 5.11 Å². The maximum absolute atomic E-state index is 12.9. The van der Waals surface area contributed by atoms with Gasteiger partial charge in [0.1, 0.15) is 5.00 Å². The minimum absolute atomic E-state index is 0.106. The number of aryl methyl sites for hydroxylation is 1. The number of thiophene rings is 1. The molecule has 2 N–H and O–H groups in total. The van der Waals surface area contributed by atoms with Crippen molar-refractivity contribution < 1.29 is 14.3 Å². The number of rotatable bonds is 7. The van der Waals surface area contributed by atoms with Crippen molar-refractivity contribution in [3.8, 4) is 0 Å². The Morgan fingerprint density at radius 1 is 1.17 bits per heavy atom. The van der Waals surface area contributed by atoms with Gasteiger partial charge in [-0.15, -0.1) is 11.3 Å². The summed E-state index contributed by atoms with van der Waals surface area (Å²) in [5.74, 6) is -0.610. The van der Waals surface area contributed by atoms with Gasteiger partial charge in [-0.2, -0.15) is 0 Å². The third-order valence-corrected chi connectivity index (χ3v) is 6.00. The van der Waals surface area contributed by atoms with Crippen molar-refractivity contribution in [2.24, 2.45) is 0 Å². The van der Waals surface area contributed by atoms with E-state index in [1.54, 1.807) is 11.8 Å². The number of nitrogens with zero attached hydrogens (tertiary/aromatic N) is 1. The highest BCUT2D eigenvalue weighted by Crippen LogP contribution is 2.34. The van der Waals surface area contributed by atoms with Crippen LogP contribution in [-0.4, -0.2) is 42.1 Å². The molecule has 29 heavy (non-hydrogen) atoms. The van der Waals surface area contributed by atoms with Gasteiger partial charge in [0, 0.05) is 18.8 Å². The van der Waals surface area contributed by atoms with Crippen molar-refractivity contribution >= 4 is 51.2 Å². The molecule has 2 rings (SSSR count). The molecule has 1 heterocycles. The summed E-state index contributed by atoms with van der Waals surface area (Å²) in [4.78, 5) is 27.5. The van der Waals surface area contributed by atoms with E-state index >= 15 is 0 Å². The zero-order valence-corrected chi connectivity index (χ0v) is 19.1. The number of benzene rings is 1. The second kappa shape index (κ2) is 10.4. The molecule has 6 nitrogen and oxygen atoms in total. The Bertz CT molecular complexity index is 905. The van der Waals surface area contributed by atoms with E-state index in [9.17, 15) is 9.59 Å². The van der Waals surface area contributed by atoms with Gasteiger partial charge in [-0.25, -0.2) is 4.79 Å². The molecular weight excluding hydrogens is 406 g/mol. The molecule has 0 aliphatic heterocycles. The average Bonchev–Trinajstić information content (AvgIpc) is 3.03. The Hall–Kier alpha value is -2.45. The van der Waals surface area contributed by atoms with Gasteiger partial charge in [0.2, 0.25) is 0 Å². The van der Waals surface area contributed by atoms with E-state index in [-0.39, 0.29) is 5.91 Å². The summed E-state index contributed by atoms with van der Waals surface area (Å²) in [5, 5.41) is 7.04. The van der Waals surface area contributed by atoms with Gasteiger partial charge in [0.25, 0.3) is 5.91 Å². The Balaban J connectivity index is 2.32. The van der Waals surface area contributed by atoms with Crippen LogP contribution in [0.3, 0.4) is 0 Å². The van der Waals surface area contributed by atoms with E-state index in [0.717, 1.165) is 12.1 Å². The summed E-state index contributed by atoms with van der Waals surface area (Å²) < 4.78 is 4.93. The number of hydrogen-bond acceptors (Lipinski definition) is 5. The summed E-state index contributed by atoms with van der Waals surface area (Å²) in [6.45, 7) is 8.88. The van der Waals surface area contributed by atoms with E-state index in [1.165, 1.54) is 24.0 Å². The zero-order chi connectivity index (χ0) is 21.6. The molecule has 0 aliphatic rings. The minimum Gasteiger partial charge on any atom is -0.465 e. The van der Waals surface area contributed by atoms with Crippen LogP contribution < -0.4 is 10.6 Å². The lowest BCUT2D eigenvalue weighted by molar-refractivity contribution is 0.0601. The van der Waals surface area contributed by atoms with Gasteiger partial charge in [-0.05, 0) is 62.7 Å². The first-order chi connectivity index (χ1) is 13.9. The smallest absolute Gasteiger partial charge is 0.341 e. The molecule has 1 aromatic heterocycles. The molecular formula is C21H27N3O3S2. The van der Waals surface area contributed by atoms with E-state index in [2.05, 4.69) is 17.6 Å². The molecule has 8 heteroatoms. The van der Waals surface area contributed by atoms with Crippen LogP contribution >= 0.6 is 23.6 Å². The molecule has 0 atom stereocenters. The summed E-state index contributed by atoms with van der Waals surface area (Å²) in [7, 11) is 1.32. The molecule has 0 saturated heterocycles. The second-order valence-electron chi connectivity index (χ2n) is 6.36. The topological polar surface area (TPSA) is 70.7 Å². The SMILES string of the molecule is CCc1cccc(NC(=S)Nc2sc(C(=O)N(CC)CC)c(C)c2C(=O)OC)c1. The Labute approximate surface area is 181 Å². The van der Waals surface area contributed by atoms with Gasteiger partial charge in [-0.3, -0.25) is 4.79 Å². The van der Waals surface area contributed by atoms with Crippen LogP contribution in [0.4, 0.5) is 10.7 Å². The number of carbonyl (C=O) groups is 2. The Morgan fingerprint density at radius 3 is 2.45 bits per heavy atom. The largest absolute Gasteiger partial charge is 0.465 e. The maximum atomic E-state index is 12.9. The molecule has 1 aromatic carbocycles. The van der Waals surface area contributed by atoms with Crippen LogP contribution in [0.2, 0.25) is 0 Å². The predicted molar refractivity (Wildman–Crippen MR) is 123 cm³/mol. The number of nitrogens with one attached hydrogen (secondary N) is 2. The van der Waals surface area contributed by atoms with Crippen LogP contribution in [0.15, 0.2) is 24.3 Å². The number of anilines is 2. The predicted octanol–water partition coefficient (Wildman–Crippen LogP) is 4.70. The molecule has 0 unspecified atom stereocenters. The van der Waals surface area contributed by atoms with Crippen molar-refractivity contribution in [1.82, 2.24) is 4.90 Å². The third-order valence-electron chi connectivity index (χ3n) is 4.60. The molecule has 0 aliphatic carbocycles. The zero-order valence-electron chi connectivity index (χ0n) is 17.4. The highest BCUT2D eigenvalue weighted by Gasteiger charge is 2.27. The fraction of sp³-hybridized carbons (Fsp3) is 0.381. The number of thiocarbonyl (C=S) groups is 1.